The van der Waals surface area contributed by atoms with Gasteiger partial charge in [-0.05, 0) is 67.6 Å². The molecule has 0 saturated carbocycles. The summed E-state index contributed by atoms with van der Waals surface area (Å²) in [5.74, 6) is -2.35. The number of aliphatic carboxylic acids is 1. The zero-order valence-corrected chi connectivity index (χ0v) is 19.8. The van der Waals surface area contributed by atoms with Crippen LogP contribution in [0.3, 0.4) is 0 Å². The fraction of sp³-hybridized carbons (Fsp3) is 0.250. The van der Waals surface area contributed by atoms with Crippen LogP contribution in [0.5, 0.6) is 0 Å². The van der Waals surface area contributed by atoms with Gasteiger partial charge in [0, 0.05) is 17.5 Å². The Kier molecular flexibility index (Phi) is 8.36. The zero-order chi connectivity index (χ0) is 25.4. The Hall–Kier alpha value is -4.00. The minimum Gasteiger partial charge on any atom is -0.481 e. The normalized spacial score (nSPS) is 12.0. The Morgan fingerprint density at radius 3 is 2.09 bits per heavy atom. The van der Waals surface area contributed by atoms with Gasteiger partial charge in [0.05, 0.1) is 0 Å². The first-order valence-corrected chi connectivity index (χ1v) is 11.4. The van der Waals surface area contributed by atoms with Crippen LogP contribution in [-0.4, -0.2) is 34.5 Å². The Morgan fingerprint density at radius 2 is 1.49 bits per heavy atom. The largest absolute Gasteiger partial charge is 0.481 e. The number of carboxylic acids is 1. The molecular formula is C28H29FN2O4. The van der Waals surface area contributed by atoms with E-state index in [1.165, 1.54) is 12.1 Å². The van der Waals surface area contributed by atoms with Crippen molar-refractivity contribution in [3.05, 3.63) is 95.8 Å². The van der Waals surface area contributed by atoms with Crippen LogP contribution >= 0.6 is 0 Å². The van der Waals surface area contributed by atoms with E-state index in [1.54, 1.807) is 24.3 Å². The lowest BCUT2D eigenvalue weighted by Crippen LogP contribution is -2.54. The molecule has 0 aliphatic carbocycles. The molecule has 0 spiro atoms. The first-order valence-electron chi connectivity index (χ1n) is 11.4. The van der Waals surface area contributed by atoms with Crippen LogP contribution in [0, 0.1) is 5.82 Å². The van der Waals surface area contributed by atoms with Crippen molar-refractivity contribution in [1.82, 2.24) is 10.6 Å². The summed E-state index contributed by atoms with van der Waals surface area (Å²) in [6, 6.07) is 21.7. The van der Waals surface area contributed by atoms with Gasteiger partial charge in [-0.15, -0.1) is 0 Å². The molecule has 3 N–H and O–H groups in total. The number of halogens is 1. The number of benzene rings is 3. The maximum Gasteiger partial charge on any atom is 0.303 e. The molecule has 3 rings (SSSR count). The van der Waals surface area contributed by atoms with Gasteiger partial charge in [0.2, 0.25) is 5.91 Å². The first kappa shape index (κ1) is 25.6. The van der Waals surface area contributed by atoms with Crippen molar-refractivity contribution in [3.8, 4) is 11.1 Å². The van der Waals surface area contributed by atoms with Gasteiger partial charge in [-0.25, -0.2) is 4.39 Å². The molecule has 0 aliphatic heterocycles. The van der Waals surface area contributed by atoms with Gasteiger partial charge in [0.25, 0.3) is 5.91 Å². The van der Waals surface area contributed by atoms with Gasteiger partial charge in [0.15, 0.2) is 0 Å². The number of nitrogens with one attached hydrogen (secondary N) is 2. The van der Waals surface area contributed by atoms with Gasteiger partial charge in [-0.1, -0.05) is 54.6 Å². The highest BCUT2D eigenvalue weighted by molar-refractivity contribution is 5.98. The van der Waals surface area contributed by atoms with E-state index in [-0.39, 0.29) is 18.7 Å². The Balaban J connectivity index is 1.69. The molecule has 0 fully saturated rings. The summed E-state index contributed by atoms with van der Waals surface area (Å²) in [5, 5.41) is 14.7. The lowest BCUT2D eigenvalue weighted by molar-refractivity contribution is -0.137. The molecule has 0 unspecified atom stereocenters. The lowest BCUT2D eigenvalue weighted by atomic mass is 9.94. The van der Waals surface area contributed by atoms with Crippen LogP contribution < -0.4 is 10.6 Å². The predicted molar refractivity (Wildman–Crippen MR) is 132 cm³/mol. The number of rotatable bonds is 10. The molecule has 0 aromatic heterocycles. The first-order chi connectivity index (χ1) is 16.6. The summed E-state index contributed by atoms with van der Waals surface area (Å²) in [7, 11) is 0. The molecule has 3 aromatic carbocycles. The topological polar surface area (TPSA) is 95.5 Å². The molecule has 182 valence electrons. The highest BCUT2D eigenvalue weighted by Gasteiger charge is 2.28. The van der Waals surface area contributed by atoms with Crippen molar-refractivity contribution in [2.45, 2.75) is 44.7 Å². The van der Waals surface area contributed by atoms with Gasteiger partial charge in [-0.3, -0.25) is 14.4 Å². The summed E-state index contributed by atoms with van der Waals surface area (Å²) in [6.07, 6.45) is 0.102. The molecule has 1 atom stereocenters. The van der Waals surface area contributed by atoms with E-state index in [4.69, 9.17) is 5.11 Å². The number of carboxylic acid groups (broad SMARTS) is 1. The Morgan fingerprint density at radius 1 is 0.886 bits per heavy atom. The average molecular weight is 477 g/mol. The minimum absolute atomic E-state index is 0.0539. The molecule has 35 heavy (non-hydrogen) atoms. The molecule has 3 aromatic rings. The zero-order valence-electron chi connectivity index (χ0n) is 19.8. The minimum atomic E-state index is -1.06. The van der Waals surface area contributed by atoms with Crippen molar-refractivity contribution in [1.29, 1.82) is 0 Å². The molecule has 0 heterocycles. The van der Waals surface area contributed by atoms with E-state index in [0.717, 1.165) is 16.7 Å². The Labute approximate surface area is 204 Å². The third kappa shape index (κ3) is 7.78. The van der Waals surface area contributed by atoms with Crippen LogP contribution in [0.15, 0.2) is 78.9 Å². The number of hydrogen-bond acceptors (Lipinski definition) is 3. The van der Waals surface area contributed by atoms with E-state index in [2.05, 4.69) is 10.6 Å². The molecule has 0 saturated heterocycles. The second-order valence-corrected chi connectivity index (χ2v) is 9.08. The van der Waals surface area contributed by atoms with E-state index >= 15 is 0 Å². The maximum atomic E-state index is 13.2. The molecule has 0 bridgehead atoms. The molecule has 6 nitrogen and oxygen atoms in total. The maximum absolute atomic E-state index is 13.2. The summed E-state index contributed by atoms with van der Waals surface area (Å²) in [5.41, 5.74) is 2.45. The van der Waals surface area contributed by atoms with Crippen LogP contribution in [0.25, 0.3) is 11.1 Å². The fourth-order valence-electron chi connectivity index (χ4n) is 3.80. The summed E-state index contributed by atoms with van der Waals surface area (Å²) >= 11 is 0. The van der Waals surface area contributed by atoms with Crippen LogP contribution in [0.4, 0.5) is 4.39 Å². The average Bonchev–Trinajstić information content (AvgIpc) is 2.83. The van der Waals surface area contributed by atoms with Crippen LogP contribution in [0.2, 0.25) is 0 Å². The second kappa shape index (κ2) is 11.4. The molecule has 0 radical (unpaired) electrons. The van der Waals surface area contributed by atoms with Crippen molar-refractivity contribution < 1.29 is 23.9 Å². The van der Waals surface area contributed by atoms with Gasteiger partial charge in [-0.2, -0.15) is 0 Å². The van der Waals surface area contributed by atoms with E-state index < -0.39 is 29.4 Å². The number of carbonyl (C=O) groups excluding carboxylic acids is 2. The van der Waals surface area contributed by atoms with E-state index in [0.29, 0.717) is 12.0 Å². The number of carbonyl (C=O) groups is 3. The van der Waals surface area contributed by atoms with E-state index in [9.17, 15) is 18.8 Å². The Bertz CT molecular complexity index is 1160. The monoisotopic (exact) mass is 476 g/mol. The predicted octanol–water partition coefficient (Wildman–Crippen LogP) is 4.59. The van der Waals surface area contributed by atoms with Crippen molar-refractivity contribution in [2.75, 3.05) is 0 Å². The van der Waals surface area contributed by atoms with Crippen molar-refractivity contribution >= 4 is 17.8 Å². The van der Waals surface area contributed by atoms with Crippen LogP contribution in [0.1, 0.15) is 42.6 Å². The smallest absolute Gasteiger partial charge is 0.303 e. The summed E-state index contributed by atoms with van der Waals surface area (Å²) in [6.45, 7) is 3.62. The summed E-state index contributed by atoms with van der Waals surface area (Å²) in [4.78, 5) is 37.0. The van der Waals surface area contributed by atoms with Crippen molar-refractivity contribution in [3.63, 3.8) is 0 Å². The second-order valence-electron chi connectivity index (χ2n) is 9.08. The fourth-order valence-corrected chi connectivity index (χ4v) is 3.80. The van der Waals surface area contributed by atoms with Crippen LogP contribution in [-0.2, 0) is 16.0 Å². The third-order valence-corrected chi connectivity index (χ3v) is 5.54. The lowest BCUT2D eigenvalue weighted by Gasteiger charge is -2.29. The highest BCUT2D eigenvalue weighted by atomic mass is 19.1. The summed E-state index contributed by atoms with van der Waals surface area (Å²) < 4.78 is 13.2. The standard InChI is InChI=1S/C28H29FN2O4/c1-28(2,18-19-8-14-23(29)15-9-19)31-27(35)24(16-17-25(32)33)30-26(34)22-12-10-21(11-13-22)20-6-4-3-5-7-20/h3-15,24H,16-18H2,1-2H3,(H,30,34)(H,31,35)(H,32,33)/t24-/m0/s1. The number of amides is 2. The van der Waals surface area contributed by atoms with Gasteiger partial charge in [0.1, 0.15) is 11.9 Å². The SMILES string of the molecule is CC(C)(Cc1ccc(F)cc1)NC(=O)[C@H](CCC(=O)O)NC(=O)c1ccc(-c2ccccc2)cc1. The molecular weight excluding hydrogens is 447 g/mol. The highest BCUT2D eigenvalue weighted by Crippen LogP contribution is 2.19. The van der Waals surface area contributed by atoms with Crippen molar-refractivity contribution in [2.24, 2.45) is 0 Å². The number of hydrogen-bond donors (Lipinski definition) is 3. The molecule has 2 amide bonds. The third-order valence-electron chi connectivity index (χ3n) is 5.54. The molecule has 7 heteroatoms. The van der Waals surface area contributed by atoms with Gasteiger partial charge < -0.3 is 15.7 Å². The van der Waals surface area contributed by atoms with E-state index in [1.807, 2.05) is 56.3 Å². The van der Waals surface area contributed by atoms with Gasteiger partial charge >= 0.3 is 5.97 Å². The quantitative estimate of drug-likeness (QED) is 0.399. The molecule has 0 aliphatic rings.